The normalized spacial score (nSPS) is 18.0. The van der Waals surface area contributed by atoms with Gasteiger partial charge in [-0.15, -0.1) is 11.3 Å². The Balaban J connectivity index is 1.78. The maximum Gasteiger partial charge on any atom is 0.0959 e. The fourth-order valence-electron chi connectivity index (χ4n) is 1.68. The van der Waals surface area contributed by atoms with Crippen LogP contribution in [0.25, 0.3) is 0 Å². The van der Waals surface area contributed by atoms with Crippen LogP contribution in [0, 0.1) is 0 Å². The van der Waals surface area contributed by atoms with Crippen LogP contribution in [0.4, 0.5) is 0 Å². The van der Waals surface area contributed by atoms with E-state index < -0.39 is 0 Å². The van der Waals surface area contributed by atoms with Gasteiger partial charge in [0, 0.05) is 24.4 Å². The molecule has 0 spiro atoms. The molecule has 90 valence electrons. The number of aliphatic hydroxyl groups excluding tert-OH is 1. The quantitative estimate of drug-likeness (QED) is 0.828. The van der Waals surface area contributed by atoms with Crippen LogP contribution in [-0.4, -0.2) is 34.7 Å². The smallest absolute Gasteiger partial charge is 0.0959 e. The molecular formula is C12H20N2OS. The van der Waals surface area contributed by atoms with E-state index in [-0.39, 0.29) is 6.10 Å². The fourth-order valence-corrected chi connectivity index (χ4v) is 2.66. The van der Waals surface area contributed by atoms with E-state index >= 15 is 0 Å². The van der Waals surface area contributed by atoms with Crippen LogP contribution in [0.1, 0.15) is 42.8 Å². The molecule has 0 amide bonds. The predicted molar refractivity (Wildman–Crippen MR) is 66.7 cm³/mol. The van der Waals surface area contributed by atoms with E-state index in [9.17, 15) is 5.11 Å². The Morgan fingerprint density at radius 1 is 1.62 bits per heavy atom. The van der Waals surface area contributed by atoms with E-state index in [4.69, 9.17) is 0 Å². The van der Waals surface area contributed by atoms with Crippen LogP contribution in [0.5, 0.6) is 0 Å². The van der Waals surface area contributed by atoms with Crippen LogP contribution in [0.15, 0.2) is 5.38 Å². The van der Waals surface area contributed by atoms with Crippen molar-refractivity contribution in [1.82, 2.24) is 9.88 Å². The van der Waals surface area contributed by atoms with E-state index in [1.807, 2.05) is 6.92 Å². The first-order valence-electron chi connectivity index (χ1n) is 5.96. The van der Waals surface area contributed by atoms with Crippen molar-refractivity contribution < 1.29 is 5.11 Å². The highest BCUT2D eigenvalue weighted by Crippen LogP contribution is 2.41. The van der Waals surface area contributed by atoms with Crippen molar-refractivity contribution in [3.63, 3.8) is 0 Å². The van der Waals surface area contributed by atoms with Crippen molar-refractivity contribution in [1.29, 1.82) is 0 Å². The zero-order chi connectivity index (χ0) is 11.5. The zero-order valence-corrected chi connectivity index (χ0v) is 10.8. The van der Waals surface area contributed by atoms with Gasteiger partial charge in [-0.05, 0) is 33.2 Å². The first-order chi connectivity index (χ1) is 7.65. The second-order valence-electron chi connectivity index (χ2n) is 4.83. The fraction of sp³-hybridized carbons (Fsp3) is 0.750. The Bertz CT molecular complexity index is 334. The Hall–Kier alpha value is -0.450. The number of hydrogen-bond donors (Lipinski definition) is 1. The van der Waals surface area contributed by atoms with Crippen molar-refractivity contribution in [3.8, 4) is 0 Å². The van der Waals surface area contributed by atoms with E-state index in [0.29, 0.717) is 0 Å². The van der Waals surface area contributed by atoms with Gasteiger partial charge in [0.15, 0.2) is 0 Å². The highest BCUT2D eigenvalue weighted by molar-refractivity contribution is 7.09. The zero-order valence-electron chi connectivity index (χ0n) is 10.0. The summed E-state index contributed by atoms with van der Waals surface area (Å²) in [6.07, 6.45) is 3.27. The summed E-state index contributed by atoms with van der Waals surface area (Å²) < 4.78 is 0. The Labute approximate surface area is 101 Å². The molecular weight excluding hydrogens is 220 g/mol. The third kappa shape index (κ3) is 3.54. The molecule has 1 unspecified atom stereocenters. The van der Waals surface area contributed by atoms with Crippen LogP contribution in [-0.2, 0) is 6.54 Å². The maximum atomic E-state index is 9.21. The maximum absolute atomic E-state index is 9.21. The number of rotatable bonds is 6. The Morgan fingerprint density at radius 2 is 2.38 bits per heavy atom. The van der Waals surface area contributed by atoms with Gasteiger partial charge < -0.3 is 10.0 Å². The lowest BCUT2D eigenvalue weighted by Gasteiger charge is -2.15. The van der Waals surface area contributed by atoms with Crippen molar-refractivity contribution in [2.45, 2.75) is 44.8 Å². The molecule has 1 aliphatic carbocycles. The summed E-state index contributed by atoms with van der Waals surface area (Å²) in [5, 5.41) is 12.7. The number of hydrogen-bond acceptors (Lipinski definition) is 4. The van der Waals surface area contributed by atoms with Gasteiger partial charge in [0.25, 0.3) is 0 Å². The summed E-state index contributed by atoms with van der Waals surface area (Å²) in [7, 11) is 2.08. The molecule has 1 heterocycles. The van der Waals surface area contributed by atoms with Crippen molar-refractivity contribution in [3.05, 3.63) is 16.1 Å². The standard InChI is InChI=1S/C12H20N2OS/c1-9(15)5-6-14(2)7-11-8-16-12(13-11)10-3-4-10/h8-10,15H,3-7H2,1-2H3. The molecule has 1 aromatic heterocycles. The molecule has 3 nitrogen and oxygen atoms in total. The van der Waals surface area contributed by atoms with Crippen molar-refractivity contribution in [2.24, 2.45) is 0 Å². The van der Waals surface area contributed by atoms with Crippen LogP contribution >= 0.6 is 11.3 Å². The molecule has 4 heteroatoms. The average molecular weight is 240 g/mol. The molecule has 1 fully saturated rings. The highest BCUT2D eigenvalue weighted by atomic mass is 32.1. The van der Waals surface area contributed by atoms with Gasteiger partial charge >= 0.3 is 0 Å². The first-order valence-corrected chi connectivity index (χ1v) is 6.84. The summed E-state index contributed by atoms with van der Waals surface area (Å²) in [5.74, 6) is 0.765. The summed E-state index contributed by atoms with van der Waals surface area (Å²) in [4.78, 5) is 6.87. The highest BCUT2D eigenvalue weighted by Gasteiger charge is 2.26. The van der Waals surface area contributed by atoms with E-state index in [2.05, 4.69) is 22.3 Å². The van der Waals surface area contributed by atoms with Crippen LogP contribution < -0.4 is 0 Å². The van der Waals surface area contributed by atoms with E-state index in [1.165, 1.54) is 23.5 Å². The summed E-state index contributed by atoms with van der Waals surface area (Å²) in [6, 6.07) is 0. The number of aliphatic hydroxyl groups is 1. The average Bonchev–Trinajstić information content (AvgIpc) is 2.98. The SMILES string of the molecule is CC(O)CCN(C)Cc1csc(C2CC2)n1. The number of nitrogens with zero attached hydrogens (tertiary/aromatic N) is 2. The Kier molecular flexibility index (Phi) is 3.95. The third-order valence-electron chi connectivity index (χ3n) is 2.86. The molecule has 1 N–H and O–H groups in total. The largest absolute Gasteiger partial charge is 0.393 e. The molecule has 0 radical (unpaired) electrons. The van der Waals surface area contributed by atoms with E-state index in [0.717, 1.165) is 25.4 Å². The summed E-state index contributed by atoms with van der Waals surface area (Å²) in [6.45, 7) is 3.66. The lowest BCUT2D eigenvalue weighted by atomic mass is 10.3. The minimum absolute atomic E-state index is 0.208. The molecule has 1 aliphatic rings. The molecule has 2 rings (SSSR count). The molecule has 16 heavy (non-hydrogen) atoms. The summed E-state index contributed by atoms with van der Waals surface area (Å²) >= 11 is 1.80. The second kappa shape index (κ2) is 5.25. The van der Waals surface area contributed by atoms with E-state index in [1.54, 1.807) is 11.3 Å². The predicted octanol–water partition coefficient (Wildman–Crippen LogP) is 2.22. The number of thiazole rings is 1. The van der Waals surface area contributed by atoms with Gasteiger partial charge in [0.2, 0.25) is 0 Å². The minimum Gasteiger partial charge on any atom is -0.393 e. The van der Waals surface area contributed by atoms with Gasteiger partial charge in [-0.3, -0.25) is 0 Å². The lowest BCUT2D eigenvalue weighted by Crippen LogP contribution is -2.22. The molecule has 1 aromatic rings. The van der Waals surface area contributed by atoms with Gasteiger partial charge in [-0.1, -0.05) is 0 Å². The molecule has 1 saturated carbocycles. The monoisotopic (exact) mass is 240 g/mol. The van der Waals surface area contributed by atoms with Crippen LogP contribution in [0.2, 0.25) is 0 Å². The van der Waals surface area contributed by atoms with Gasteiger partial charge in [0.05, 0.1) is 16.8 Å². The van der Waals surface area contributed by atoms with Gasteiger partial charge in [-0.25, -0.2) is 4.98 Å². The van der Waals surface area contributed by atoms with Crippen molar-refractivity contribution >= 4 is 11.3 Å². The van der Waals surface area contributed by atoms with Gasteiger partial charge in [-0.2, -0.15) is 0 Å². The topological polar surface area (TPSA) is 36.4 Å². The van der Waals surface area contributed by atoms with Crippen LogP contribution in [0.3, 0.4) is 0 Å². The Morgan fingerprint density at radius 3 is 3.00 bits per heavy atom. The third-order valence-corrected chi connectivity index (χ3v) is 3.91. The lowest BCUT2D eigenvalue weighted by molar-refractivity contribution is 0.162. The molecule has 0 aliphatic heterocycles. The van der Waals surface area contributed by atoms with Gasteiger partial charge in [0.1, 0.15) is 0 Å². The molecule has 0 bridgehead atoms. The molecule has 1 atom stereocenters. The summed E-state index contributed by atoms with van der Waals surface area (Å²) in [5.41, 5.74) is 1.18. The molecule has 0 saturated heterocycles. The first kappa shape index (κ1) is 12.0. The minimum atomic E-state index is -0.208. The molecule has 0 aromatic carbocycles. The van der Waals surface area contributed by atoms with Crippen molar-refractivity contribution in [2.75, 3.05) is 13.6 Å². The number of aromatic nitrogens is 1. The second-order valence-corrected chi connectivity index (χ2v) is 5.72.